The van der Waals surface area contributed by atoms with E-state index in [2.05, 4.69) is 36.5 Å². The normalized spacial score (nSPS) is 24.3. The molecule has 0 amide bonds. The number of thiazole rings is 1. The van der Waals surface area contributed by atoms with Crippen LogP contribution in [0.2, 0.25) is 0 Å². The SMILES string of the molecule is N#Cc1cnc(-c2ccc(-c3ncc(N(C4CC4)[C@@H]4C[C@H]5CCC[C@@H](C4)N5)nn3)c(O)c2)s1. The Labute approximate surface area is 196 Å². The molecule has 3 atom stereocenters. The van der Waals surface area contributed by atoms with Gasteiger partial charge in [-0.25, -0.2) is 9.97 Å². The molecule has 1 aromatic carbocycles. The number of nitriles is 1. The predicted octanol–water partition coefficient (Wildman–Crippen LogP) is 3.88. The molecule has 2 bridgehead atoms. The fourth-order valence-electron chi connectivity index (χ4n) is 5.31. The molecule has 3 aromatic rings. The van der Waals surface area contributed by atoms with Gasteiger partial charge in [-0.2, -0.15) is 5.26 Å². The lowest BCUT2D eigenvalue weighted by Crippen LogP contribution is -2.55. The number of nitrogens with zero attached hydrogens (tertiary/aromatic N) is 6. The highest BCUT2D eigenvalue weighted by Crippen LogP contribution is 2.38. The van der Waals surface area contributed by atoms with Crippen molar-refractivity contribution < 1.29 is 5.11 Å². The summed E-state index contributed by atoms with van der Waals surface area (Å²) < 4.78 is 0. The van der Waals surface area contributed by atoms with Gasteiger partial charge in [0.05, 0.1) is 18.0 Å². The maximum Gasteiger partial charge on any atom is 0.185 e. The molecule has 9 heteroatoms. The maximum atomic E-state index is 10.6. The zero-order valence-corrected chi connectivity index (χ0v) is 19.0. The summed E-state index contributed by atoms with van der Waals surface area (Å²) in [6, 6.07) is 9.61. The summed E-state index contributed by atoms with van der Waals surface area (Å²) in [5.74, 6) is 1.31. The van der Waals surface area contributed by atoms with Crippen LogP contribution in [-0.2, 0) is 0 Å². The number of phenolic OH excluding ortho intramolecular Hbond substituents is 1. The molecule has 0 radical (unpaired) electrons. The Morgan fingerprint density at radius 1 is 1.03 bits per heavy atom. The lowest BCUT2D eigenvalue weighted by Gasteiger charge is -2.45. The molecule has 4 heterocycles. The van der Waals surface area contributed by atoms with Crippen LogP contribution in [-0.4, -0.2) is 49.4 Å². The Hall–Kier alpha value is -3.09. The van der Waals surface area contributed by atoms with Crippen molar-refractivity contribution in [2.75, 3.05) is 4.90 Å². The highest BCUT2D eigenvalue weighted by atomic mass is 32.1. The minimum Gasteiger partial charge on any atom is -0.507 e. The first-order valence-electron chi connectivity index (χ1n) is 11.6. The third-order valence-electron chi connectivity index (χ3n) is 6.94. The molecule has 1 aliphatic carbocycles. The average Bonchev–Trinajstić information content (AvgIpc) is 3.54. The summed E-state index contributed by atoms with van der Waals surface area (Å²) in [6.07, 6.45) is 11.9. The van der Waals surface area contributed by atoms with Crippen LogP contribution in [0, 0.1) is 11.3 Å². The minimum absolute atomic E-state index is 0.0704. The maximum absolute atomic E-state index is 10.6. The van der Waals surface area contributed by atoms with E-state index >= 15 is 0 Å². The quantitative estimate of drug-likeness (QED) is 0.591. The molecule has 3 fully saturated rings. The second kappa shape index (κ2) is 8.36. The van der Waals surface area contributed by atoms with Gasteiger partial charge in [0.15, 0.2) is 11.6 Å². The van der Waals surface area contributed by atoms with Gasteiger partial charge in [-0.3, -0.25) is 0 Å². The zero-order chi connectivity index (χ0) is 22.4. The molecular formula is C24H25N7OS. The van der Waals surface area contributed by atoms with Gasteiger partial charge in [-0.1, -0.05) is 12.5 Å². The highest BCUT2D eigenvalue weighted by Gasteiger charge is 2.40. The first kappa shape index (κ1) is 20.5. The van der Waals surface area contributed by atoms with Crippen molar-refractivity contribution in [1.82, 2.24) is 25.5 Å². The number of phenols is 1. The second-order valence-corrected chi connectivity index (χ2v) is 10.3. The lowest BCUT2D eigenvalue weighted by molar-refractivity contribution is 0.215. The smallest absolute Gasteiger partial charge is 0.185 e. The molecular weight excluding hydrogens is 434 g/mol. The number of fused-ring (bicyclic) bond motifs is 2. The third kappa shape index (κ3) is 4.05. The number of aromatic hydroxyl groups is 1. The molecule has 6 rings (SSSR count). The van der Waals surface area contributed by atoms with E-state index in [9.17, 15) is 5.11 Å². The van der Waals surface area contributed by atoms with Gasteiger partial charge >= 0.3 is 0 Å². The van der Waals surface area contributed by atoms with Crippen LogP contribution in [0.5, 0.6) is 5.75 Å². The van der Waals surface area contributed by atoms with Gasteiger partial charge in [0.2, 0.25) is 0 Å². The van der Waals surface area contributed by atoms with Gasteiger partial charge in [-0.15, -0.1) is 21.5 Å². The number of piperidine rings is 2. The van der Waals surface area contributed by atoms with Crippen molar-refractivity contribution in [1.29, 1.82) is 5.26 Å². The number of hydrogen-bond acceptors (Lipinski definition) is 9. The van der Waals surface area contributed by atoms with E-state index in [0.717, 1.165) is 24.2 Å². The summed E-state index contributed by atoms with van der Waals surface area (Å²) in [7, 11) is 0. The molecule has 1 saturated carbocycles. The largest absolute Gasteiger partial charge is 0.507 e. The highest BCUT2D eigenvalue weighted by molar-refractivity contribution is 7.15. The molecule has 8 nitrogen and oxygen atoms in total. The molecule has 2 aromatic heterocycles. The number of benzene rings is 1. The fourth-order valence-corrected chi connectivity index (χ4v) is 6.02. The first-order chi connectivity index (χ1) is 16.2. The van der Waals surface area contributed by atoms with E-state index in [1.807, 2.05) is 12.3 Å². The Morgan fingerprint density at radius 2 is 1.85 bits per heavy atom. The van der Waals surface area contributed by atoms with E-state index < -0.39 is 0 Å². The topological polar surface area (TPSA) is 111 Å². The number of rotatable bonds is 5. The van der Waals surface area contributed by atoms with E-state index in [-0.39, 0.29) is 5.75 Å². The van der Waals surface area contributed by atoms with Crippen molar-refractivity contribution >= 4 is 17.2 Å². The van der Waals surface area contributed by atoms with E-state index in [1.165, 1.54) is 49.6 Å². The van der Waals surface area contributed by atoms with Crippen molar-refractivity contribution in [3.8, 4) is 33.8 Å². The second-order valence-electron chi connectivity index (χ2n) is 9.27. The standard InChI is InChI=1S/C24H25N7OS/c25-11-19-12-27-24(33-19)14-4-7-20(21(32)8-14)23-26-13-22(29-30-23)31(17-5-6-17)18-9-15-2-1-3-16(10-18)28-15/h4,7-8,12-13,15-18,28,32H,1-3,5-6,9-10H2/t15-,16+,18-. The van der Waals surface area contributed by atoms with Gasteiger partial charge in [0.25, 0.3) is 0 Å². The van der Waals surface area contributed by atoms with Gasteiger partial charge in [-0.05, 0) is 50.7 Å². The average molecular weight is 460 g/mol. The number of anilines is 1. The lowest BCUT2D eigenvalue weighted by atomic mass is 9.83. The Morgan fingerprint density at radius 3 is 2.48 bits per heavy atom. The summed E-state index contributed by atoms with van der Waals surface area (Å²) in [5.41, 5.74) is 1.29. The van der Waals surface area contributed by atoms with Crippen LogP contribution < -0.4 is 10.2 Å². The molecule has 0 spiro atoms. The van der Waals surface area contributed by atoms with Gasteiger partial charge in [0, 0.05) is 29.7 Å². The number of aromatic nitrogens is 4. The summed E-state index contributed by atoms with van der Waals surface area (Å²) in [4.78, 5) is 11.8. The van der Waals surface area contributed by atoms with E-state index in [1.54, 1.807) is 12.1 Å². The Kier molecular flexibility index (Phi) is 5.19. The van der Waals surface area contributed by atoms with Crippen LogP contribution in [0.25, 0.3) is 22.0 Å². The summed E-state index contributed by atoms with van der Waals surface area (Å²) >= 11 is 1.29. The molecule has 3 aliphatic rings. The molecule has 0 unspecified atom stereocenters. The van der Waals surface area contributed by atoms with Crippen molar-refractivity contribution in [3.05, 3.63) is 35.5 Å². The van der Waals surface area contributed by atoms with Crippen molar-refractivity contribution in [2.24, 2.45) is 0 Å². The molecule has 2 N–H and O–H groups in total. The van der Waals surface area contributed by atoms with E-state index in [0.29, 0.717) is 45.4 Å². The number of nitrogens with one attached hydrogen (secondary N) is 1. The van der Waals surface area contributed by atoms with Crippen molar-refractivity contribution in [2.45, 2.75) is 69.1 Å². The molecule has 2 aliphatic heterocycles. The summed E-state index contributed by atoms with van der Waals surface area (Å²) in [6.45, 7) is 0. The van der Waals surface area contributed by atoms with Crippen LogP contribution in [0.3, 0.4) is 0 Å². The monoisotopic (exact) mass is 459 g/mol. The minimum atomic E-state index is 0.0704. The Balaban J connectivity index is 1.24. The van der Waals surface area contributed by atoms with Crippen LogP contribution in [0.1, 0.15) is 49.8 Å². The van der Waals surface area contributed by atoms with Gasteiger partial charge in [0.1, 0.15) is 21.7 Å². The fraction of sp³-hybridized carbons (Fsp3) is 0.458. The molecule has 168 valence electrons. The molecule has 33 heavy (non-hydrogen) atoms. The Bertz CT molecular complexity index is 1190. The zero-order valence-electron chi connectivity index (χ0n) is 18.2. The number of hydrogen-bond donors (Lipinski definition) is 2. The first-order valence-corrected chi connectivity index (χ1v) is 12.4. The van der Waals surface area contributed by atoms with Crippen molar-refractivity contribution in [3.63, 3.8) is 0 Å². The third-order valence-corrected chi connectivity index (χ3v) is 7.89. The molecule has 2 saturated heterocycles. The van der Waals surface area contributed by atoms with E-state index in [4.69, 9.17) is 5.26 Å². The van der Waals surface area contributed by atoms with Crippen LogP contribution in [0.4, 0.5) is 5.82 Å². The van der Waals surface area contributed by atoms with Gasteiger partial charge < -0.3 is 15.3 Å². The summed E-state index contributed by atoms with van der Waals surface area (Å²) in [5, 5.41) is 33.1. The predicted molar refractivity (Wildman–Crippen MR) is 126 cm³/mol. The van der Waals surface area contributed by atoms with Crippen LogP contribution >= 0.6 is 11.3 Å². The van der Waals surface area contributed by atoms with Crippen LogP contribution in [0.15, 0.2) is 30.6 Å².